The van der Waals surface area contributed by atoms with E-state index in [1.807, 2.05) is 35.2 Å². The van der Waals surface area contributed by atoms with Crippen molar-refractivity contribution in [1.29, 1.82) is 0 Å². The van der Waals surface area contributed by atoms with Crippen LogP contribution in [0.4, 0.5) is 8.78 Å². The number of benzene rings is 2. The normalized spacial score (nSPS) is 15.7. The van der Waals surface area contributed by atoms with Crippen molar-refractivity contribution in [3.8, 4) is 39.5 Å². The summed E-state index contributed by atoms with van der Waals surface area (Å²) in [5, 5.41) is 7.72. The molecule has 2 aliphatic rings. The first kappa shape index (κ1) is 35.4. The minimum absolute atomic E-state index is 0.0335. The fraction of sp³-hybridized carbons (Fsp3) is 0.333. The van der Waals surface area contributed by atoms with Crippen molar-refractivity contribution in [2.75, 3.05) is 54.1 Å². The number of rotatable bonds is 10. The van der Waals surface area contributed by atoms with Crippen molar-refractivity contribution in [2.24, 2.45) is 0 Å². The van der Waals surface area contributed by atoms with Crippen LogP contribution in [0.5, 0.6) is 5.75 Å². The Bertz CT molecular complexity index is 2200. The number of ether oxygens (including phenoxy) is 2. The van der Waals surface area contributed by atoms with Crippen molar-refractivity contribution in [2.45, 2.75) is 32.5 Å². The molecule has 0 bridgehead atoms. The number of carbonyl (C=O) groups is 2. The van der Waals surface area contributed by atoms with E-state index in [0.717, 1.165) is 45.9 Å². The molecule has 13 heteroatoms. The highest BCUT2D eigenvalue weighted by Gasteiger charge is 2.32. The molecule has 0 spiro atoms. The van der Waals surface area contributed by atoms with Gasteiger partial charge in [-0.3, -0.25) is 19.2 Å². The number of carbonyl (C=O) groups excluding carboxylic acids is 2. The lowest BCUT2D eigenvalue weighted by Crippen LogP contribution is -2.40. The zero-order valence-corrected chi connectivity index (χ0v) is 30.4. The highest BCUT2D eigenvalue weighted by Crippen LogP contribution is 2.47. The molecule has 3 aromatic heterocycles. The molecular weight excluding hydrogens is 687 g/mol. The van der Waals surface area contributed by atoms with Crippen molar-refractivity contribution in [3.63, 3.8) is 0 Å². The molecule has 0 saturated carbocycles. The molecule has 0 saturated heterocycles. The Balaban J connectivity index is 1.40. The van der Waals surface area contributed by atoms with Crippen LogP contribution in [-0.2, 0) is 33.8 Å². The van der Waals surface area contributed by atoms with Crippen LogP contribution in [-0.4, -0.2) is 95.3 Å². The lowest BCUT2D eigenvalue weighted by atomic mass is 9.93. The predicted molar refractivity (Wildman–Crippen MR) is 197 cm³/mol. The number of hydrogen-bond donors (Lipinski definition) is 0. The van der Waals surface area contributed by atoms with E-state index in [9.17, 15) is 14.0 Å². The van der Waals surface area contributed by atoms with Crippen LogP contribution in [0.2, 0.25) is 0 Å². The topological polar surface area (TPSA) is 93.0 Å². The summed E-state index contributed by atoms with van der Waals surface area (Å²) in [5.41, 5.74) is 6.16. The van der Waals surface area contributed by atoms with Crippen LogP contribution in [0, 0.1) is 11.6 Å². The van der Waals surface area contributed by atoms with Gasteiger partial charge in [-0.05, 0) is 54.1 Å². The van der Waals surface area contributed by atoms with E-state index in [0.29, 0.717) is 48.8 Å². The van der Waals surface area contributed by atoms with Crippen molar-refractivity contribution in [3.05, 3.63) is 89.0 Å². The number of aromatic nitrogens is 3. The average Bonchev–Trinajstić information content (AvgIpc) is 3.80. The van der Waals surface area contributed by atoms with Crippen molar-refractivity contribution < 1.29 is 27.8 Å². The van der Waals surface area contributed by atoms with Crippen LogP contribution < -0.4 is 4.74 Å². The summed E-state index contributed by atoms with van der Waals surface area (Å²) in [7, 11) is 5.06. The summed E-state index contributed by atoms with van der Waals surface area (Å²) in [6, 6.07) is 11.9. The van der Waals surface area contributed by atoms with Crippen molar-refractivity contribution in [1.82, 2.24) is 29.5 Å². The smallest absolute Gasteiger partial charge is 0.246 e. The van der Waals surface area contributed by atoms with E-state index < -0.39 is 11.6 Å². The van der Waals surface area contributed by atoms with E-state index in [1.54, 1.807) is 23.9 Å². The summed E-state index contributed by atoms with van der Waals surface area (Å²) in [5.74, 6) is -1.62. The molecule has 0 aliphatic carbocycles. The summed E-state index contributed by atoms with van der Waals surface area (Å²) in [4.78, 5) is 35.9. The Morgan fingerprint density at radius 3 is 2.63 bits per heavy atom. The first-order valence-corrected chi connectivity index (χ1v) is 18.0. The van der Waals surface area contributed by atoms with Gasteiger partial charge in [0.1, 0.15) is 35.4 Å². The van der Waals surface area contributed by atoms with Crippen LogP contribution in [0.1, 0.15) is 29.8 Å². The molecular formula is C39H40F2N6O4S. The fourth-order valence-corrected chi connectivity index (χ4v) is 8.01. The summed E-state index contributed by atoms with van der Waals surface area (Å²) in [6.07, 6.45) is 2.08. The number of pyridine rings is 1. The first-order valence-electron chi connectivity index (χ1n) is 17.2. The first-order chi connectivity index (χ1) is 25.1. The van der Waals surface area contributed by atoms with E-state index >= 15 is 4.39 Å². The van der Waals surface area contributed by atoms with E-state index in [4.69, 9.17) is 19.6 Å². The number of nitrogens with zero attached hydrogens (tertiary/aromatic N) is 6. The maximum atomic E-state index is 16.2. The van der Waals surface area contributed by atoms with Gasteiger partial charge in [0, 0.05) is 74.2 Å². The van der Waals surface area contributed by atoms with Gasteiger partial charge in [0.2, 0.25) is 11.8 Å². The Labute approximate surface area is 304 Å². The number of thiophene rings is 1. The Morgan fingerprint density at radius 1 is 1.04 bits per heavy atom. The second kappa shape index (κ2) is 14.6. The number of fused-ring (bicyclic) bond motifs is 3. The van der Waals surface area contributed by atoms with Gasteiger partial charge >= 0.3 is 0 Å². The number of methoxy groups -OCH3 is 1. The van der Waals surface area contributed by atoms with Gasteiger partial charge in [-0.25, -0.2) is 13.8 Å². The van der Waals surface area contributed by atoms with E-state index in [1.165, 1.54) is 36.2 Å². The molecule has 2 aliphatic heterocycles. The molecule has 52 heavy (non-hydrogen) atoms. The minimum atomic E-state index is -0.788. The maximum absolute atomic E-state index is 16.2. The van der Waals surface area contributed by atoms with Gasteiger partial charge in [-0.15, -0.1) is 11.3 Å². The molecule has 1 atom stereocenters. The quantitative estimate of drug-likeness (QED) is 0.123. The molecule has 5 aromatic rings. The predicted octanol–water partition coefficient (Wildman–Crippen LogP) is 6.33. The Hall–Kier alpha value is -4.98. The largest absolute Gasteiger partial charge is 0.490 e. The molecule has 2 aromatic carbocycles. The number of halogens is 2. The number of likely N-dealkylation sites (N-methyl/N-ethyl adjacent to an activating group) is 1. The SMILES string of the molecule is C=CC(=O)N1CCn2nc(-c3nc(-c4ccc5c(c4)CCN(CC(=O)N(C)C)C5)c4ccsc4c3-c3c(F)cc(F)cc3OCCOC)cc2C1C. The van der Waals surface area contributed by atoms with E-state index in [-0.39, 0.29) is 42.4 Å². The van der Waals surface area contributed by atoms with Crippen LogP contribution in [0.15, 0.2) is 60.5 Å². The lowest BCUT2D eigenvalue weighted by Gasteiger charge is -2.33. The average molecular weight is 727 g/mol. The molecule has 0 fully saturated rings. The summed E-state index contributed by atoms with van der Waals surface area (Å²) >= 11 is 1.43. The number of hydrogen-bond acceptors (Lipinski definition) is 8. The number of amides is 2. The Morgan fingerprint density at radius 2 is 1.87 bits per heavy atom. The second-order valence-corrected chi connectivity index (χ2v) is 14.2. The molecule has 1 unspecified atom stereocenters. The highest BCUT2D eigenvalue weighted by molar-refractivity contribution is 7.18. The second-order valence-electron chi connectivity index (χ2n) is 13.3. The third-order valence-corrected chi connectivity index (χ3v) is 10.7. The van der Waals surface area contributed by atoms with Gasteiger partial charge in [-0.1, -0.05) is 18.7 Å². The fourth-order valence-electron chi connectivity index (χ4n) is 7.07. The lowest BCUT2D eigenvalue weighted by molar-refractivity contribution is -0.130. The molecule has 0 N–H and O–H groups in total. The molecule has 7 rings (SSSR count). The molecule has 5 heterocycles. The summed E-state index contributed by atoms with van der Waals surface area (Å²) < 4.78 is 44.6. The molecule has 2 amide bonds. The zero-order valence-electron chi connectivity index (χ0n) is 29.6. The monoisotopic (exact) mass is 726 g/mol. The zero-order chi connectivity index (χ0) is 36.7. The van der Waals surface area contributed by atoms with Crippen LogP contribution in [0.3, 0.4) is 0 Å². The molecule has 0 radical (unpaired) electrons. The molecule has 270 valence electrons. The minimum Gasteiger partial charge on any atom is -0.490 e. The third-order valence-electron chi connectivity index (χ3n) is 9.81. The van der Waals surface area contributed by atoms with Crippen LogP contribution >= 0.6 is 11.3 Å². The molecule has 10 nitrogen and oxygen atoms in total. The highest BCUT2D eigenvalue weighted by atomic mass is 32.1. The summed E-state index contributed by atoms with van der Waals surface area (Å²) in [6.45, 7) is 8.60. The Kier molecular flexibility index (Phi) is 9.92. The third kappa shape index (κ3) is 6.59. The van der Waals surface area contributed by atoms with Gasteiger partial charge in [0.15, 0.2) is 0 Å². The van der Waals surface area contributed by atoms with Crippen molar-refractivity contribution >= 4 is 33.2 Å². The van der Waals surface area contributed by atoms with Gasteiger partial charge in [0.05, 0.1) is 42.7 Å². The standard InChI is InChI=1S/C39H40F2N6O4S/c1-6-33(48)46-12-13-47-31(23(46)2)20-30(43-47)38-36(35-29(41)18-27(40)19-32(35)51-15-14-50-5)39-28(10-16-52-39)37(42-38)25-7-8-26-21-45(11-9-24(26)17-25)22-34(49)44(3)4/h6-8,10,16-20,23H,1,9,11-15,21-22H2,2-5H3. The van der Waals surface area contributed by atoms with Gasteiger partial charge < -0.3 is 19.3 Å². The maximum Gasteiger partial charge on any atom is 0.246 e. The van der Waals surface area contributed by atoms with Gasteiger partial charge in [0.25, 0.3) is 0 Å². The van der Waals surface area contributed by atoms with Gasteiger partial charge in [-0.2, -0.15) is 5.10 Å². The van der Waals surface area contributed by atoms with E-state index in [2.05, 4.69) is 23.6 Å². The van der Waals surface area contributed by atoms with Crippen LogP contribution in [0.25, 0.3) is 43.9 Å².